The average Bonchev–Trinajstić information content (AvgIpc) is 3.85. The lowest BCUT2D eigenvalue weighted by Crippen LogP contribution is -2.25. The first-order valence-corrected chi connectivity index (χ1v) is 14.1. The van der Waals surface area contributed by atoms with Gasteiger partial charge in [-0.25, -0.2) is 23.5 Å². The monoisotopic (exact) mass is 529 g/mol. The number of rotatable bonds is 9. The van der Waals surface area contributed by atoms with Crippen LogP contribution in [0.15, 0.2) is 65.6 Å². The quantitative estimate of drug-likeness (QED) is 0.257. The fourth-order valence-corrected chi connectivity index (χ4v) is 4.56. The van der Waals surface area contributed by atoms with E-state index in [1.807, 2.05) is 36.4 Å². The number of fused-ring (bicyclic) bond motifs is 1. The Hall–Kier alpha value is -4.09. The lowest BCUT2D eigenvalue weighted by atomic mass is 10.1. The molecule has 4 aromatic rings. The molecule has 0 radical (unpaired) electrons. The van der Waals surface area contributed by atoms with Crippen molar-refractivity contribution in [1.29, 1.82) is 0 Å². The van der Waals surface area contributed by atoms with Gasteiger partial charge in [-0.1, -0.05) is 24.3 Å². The summed E-state index contributed by atoms with van der Waals surface area (Å²) in [6, 6.07) is 18.3. The molecular weight excluding hydrogens is 502 g/mol. The number of benzene rings is 2. The standard InChI is InChI=1S/C27H27N7O3S/c28-38(36,37)21-11-1-16(2-12-21)15-29-27-33-23-14-13-22(32-24(23)25(34-27)30-19-7-8-19)17-3-5-18(6-4-17)26(35)31-20-9-10-20/h1-6,11-14,19-20H,7-10,15H2,(H,31,35)(H2,28,36,37)(H2,29,30,33,34). The zero-order valence-corrected chi connectivity index (χ0v) is 21.3. The minimum atomic E-state index is -3.73. The maximum Gasteiger partial charge on any atom is 0.251 e. The van der Waals surface area contributed by atoms with Gasteiger partial charge in [-0.3, -0.25) is 4.79 Å². The number of anilines is 2. The summed E-state index contributed by atoms with van der Waals surface area (Å²) < 4.78 is 23.0. The third kappa shape index (κ3) is 5.58. The summed E-state index contributed by atoms with van der Waals surface area (Å²) in [5.74, 6) is 1.05. The summed E-state index contributed by atoms with van der Waals surface area (Å²) in [5.41, 5.74) is 4.53. The molecule has 0 atom stereocenters. The van der Waals surface area contributed by atoms with Crippen LogP contribution in [0.2, 0.25) is 0 Å². The van der Waals surface area contributed by atoms with E-state index in [1.54, 1.807) is 12.1 Å². The highest BCUT2D eigenvalue weighted by atomic mass is 32.2. The molecule has 2 aliphatic rings. The maximum absolute atomic E-state index is 12.3. The van der Waals surface area contributed by atoms with E-state index in [0.29, 0.717) is 47.0 Å². The second kappa shape index (κ2) is 9.66. The molecule has 38 heavy (non-hydrogen) atoms. The summed E-state index contributed by atoms with van der Waals surface area (Å²) >= 11 is 0. The van der Waals surface area contributed by atoms with Crippen molar-refractivity contribution in [2.24, 2.45) is 5.14 Å². The number of aromatic nitrogens is 3. The predicted octanol–water partition coefficient (Wildman–Crippen LogP) is 3.42. The van der Waals surface area contributed by atoms with Crippen LogP contribution in [0.25, 0.3) is 22.3 Å². The summed E-state index contributed by atoms with van der Waals surface area (Å²) in [7, 11) is -3.73. The lowest BCUT2D eigenvalue weighted by molar-refractivity contribution is 0.0951. The highest BCUT2D eigenvalue weighted by Gasteiger charge is 2.25. The van der Waals surface area contributed by atoms with Crippen LogP contribution >= 0.6 is 0 Å². The molecule has 11 heteroatoms. The van der Waals surface area contributed by atoms with Gasteiger partial charge in [-0.05, 0) is 67.6 Å². The van der Waals surface area contributed by atoms with Crippen LogP contribution in [0.3, 0.4) is 0 Å². The van der Waals surface area contributed by atoms with Gasteiger partial charge >= 0.3 is 0 Å². The molecular formula is C27H27N7O3S. The number of nitrogens with zero attached hydrogens (tertiary/aromatic N) is 3. The number of hydrogen-bond acceptors (Lipinski definition) is 8. The molecule has 0 bridgehead atoms. The normalized spacial score (nSPS) is 15.3. The highest BCUT2D eigenvalue weighted by Crippen LogP contribution is 2.30. The smallest absolute Gasteiger partial charge is 0.251 e. The van der Waals surface area contributed by atoms with Crippen molar-refractivity contribution in [3.63, 3.8) is 0 Å². The largest absolute Gasteiger partial charge is 0.365 e. The summed E-state index contributed by atoms with van der Waals surface area (Å²) in [6.45, 7) is 0.408. The number of carbonyl (C=O) groups excluding carboxylic acids is 1. The van der Waals surface area contributed by atoms with E-state index < -0.39 is 10.0 Å². The van der Waals surface area contributed by atoms with Crippen molar-refractivity contribution >= 4 is 38.7 Å². The summed E-state index contributed by atoms with van der Waals surface area (Å²) in [6.07, 6.45) is 4.26. The Morgan fingerprint density at radius 2 is 1.58 bits per heavy atom. The Bertz CT molecular complexity index is 1620. The van der Waals surface area contributed by atoms with E-state index in [9.17, 15) is 13.2 Å². The molecule has 1 amide bonds. The second-order valence-electron chi connectivity index (χ2n) is 9.75. The third-order valence-electron chi connectivity index (χ3n) is 6.52. The lowest BCUT2D eigenvalue weighted by Gasteiger charge is -2.12. The first-order chi connectivity index (χ1) is 18.3. The van der Waals surface area contributed by atoms with Crippen molar-refractivity contribution in [3.05, 3.63) is 71.8 Å². The molecule has 0 aliphatic heterocycles. The van der Waals surface area contributed by atoms with Crippen LogP contribution in [-0.2, 0) is 16.6 Å². The van der Waals surface area contributed by atoms with Gasteiger partial charge in [-0.2, -0.15) is 4.98 Å². The molecule has 194 valence electrons. The molecule has 10 nitrogen and oxygen atoms in total. The molecule has 2 aromatic heterocycles. The van der Waals surface area contributed by atoms with E-state index in [4.69, 9.17) is 15.1 Å². The van der Waals surface area contributed by atoms with Gasteiger partial charge in [-0.15, -0.1) is 0 Å². The molecule has 0 unspecified atom stereocenters. The van der Waals surface area contributed by atoms with E-state index in [0.717, 1.165) is 42.5 Å². The number of sulfonamides is 1. The molecule has 5 N–H and O–H groups in total. The van der Waals surface area contributed by atoms with Gasteiger partial charge < -0.3 is 16.0 Å². The second-order valence-corrected chi connectivity index (χ2v) is 11.3. The highest BCUT2D eigenvalue weighted by molar-refractivity contribution is 7.89. The Morgan fingerprint density at radius 3 is 2.24 bits per heavy atom. The van der Waals surface area contributed by atoms with E-state index in [1.165, 1.54) is 12.1 Å². The van der Waals surface area contributed by atoms with Crippen LogP contribution in [0, 0.1) is 0 Å². The fourth-order valence-electron chi connectivity index (χ4n) is 4.04. The number of primary sulfonamides is 1. The molecule has 2 heterocycles. The van der Waals surface area contributed by atoms with Crippen molar-refractivity contribution in [2.45, 2.75) is 49.2 Å². The Kier molecular flexibility index (Phi) is 6.16. The van der Waals surface area contributed by atoms with Crippen molar-refractivity contribution in [3.8, 4) is 11.3 Å². The van der Waals surface area contributed by atoms with Crippen LogP contribution in [0.1, 0.15) is 41.6 Å². The summed E-state index contributed by atoms with van der Waals surface area (Å²) in [4.78, 5) is 26.6. The fraction of sp³-hybridized carbons (Fsp3) is 0.259. The molecule has 6 rings (SSSR count). The van der Waals surface area contributed by atoms with Gasteiger partial charge in [0, 0.05) is 29.8 Å². The predicted molar refractivity (Wildman–Crippen MR) is 145 cm³/mol. The minimum absolute atomic E-state index is 0.0461. The molecule has 2 aromatic carbocycles. The number of hydrogen-bond donors (Lipinski definition) is 4. The molecule has 2 aliphatic carbocycles. The van der Waals surface area contributed by atoms with E-state index in [-0.39, 0.29) is 10.8 Å². The Labute approximate surface area is 220 Å². The van der Waals surface area contributed by atoms with Gasteiger partial charge in [0.05, 0.1) is 16.1 Å². The molecule has 0 saturated heterocycles. The SMILES string of the molecule is NS(=O)(=O)c1ccc(CNc2nc(NC3CC3)c3nc(-c4ccc(C(=O)NC5CC5)cc4)ccc3n2)cc1. The number of amides is 1. The van der Waals surface area contributed by atoms with Gasteiger partial charge in [0.15, 0.2) is 5.82 Å². The molecule has 2 saturated carbocycles. The number of nitrogens with one attached hydrogen (secondary N) is 3. The molecule has 2 fully saturated rings. The third-order valence-corrected chi connectivity index (χ3v) is 7.45. The summed E-state index contributed by atoms with van der Waals surface area (Å²) in [5, 5.41) is 14.9. The number of carbonyl (C=O) groups is 1. The van der Waals surface area contributed by atoms with Crippen LogP contribution in [0.5, 0.6) is 0 Å². The van der Waals surface area contributed by atoms with E-state index in [2.05, 4.69) is 20.9 Å². The van der Waals surface area contributed by atoms with E-state index >= 15 is 0 Å². The van der Waals surface area contributed by atoms with Crippen molar-refractivity contribution < 1.29 is 13.2 Å². The zero-order chi connectivity index (χ0) is 26.3. The van der Waals surface area contributed by atoms with Gasteiger partial charge in [0.1, 0.15) is 5.52 Å². The van der Waals surface area contributed by atoms with Gasteiger partial charge in [0.2, 0.25) is 16.0 Å². The van der Waals surface area contributed by atoms with Gasteiger partial charge in [0.25, 0.3) is 5.91 Å². The number of nitrogens with two attached hydrogens (primary N) is 1. The maximum atomic E-state index is 12.3. The molecule has 0 spiro atoms. The first kappa shape index (κ1) is 24.3. The van der Waals surface area contributed by atoms with Crippen molar-refractivity contribution in [2.75, 3.05) is 10.6 Å². The number of pyridine rings is 1. The van der Waals surface area contributed by atoms with Crippen LogP contribution < -0.4 is 21.1 Å². The Morgan fingerprint density at radius 1 is 0.868 bits per heavy atom. The average molecular weight is 530 g/mol. The zero-order valence-electron chi connectivity index (χ0n) is 20.5. The topological polar surface area (TPSA) is 152 Å². The van der Waals surface area contributed by atoms with Crippen LogP contribution in [-0.4, -0.2) is 41.4 Å². The minimum Gasteiger partial charge on any atom is -0.365 e. The Balaban J connectivity index is 1.24. The first-order valence-electron chi connectivity index (χ1n) is 12.5. The van der Waals surface area contributed by atoms with Crippen molar-refractivity contribution in [1.82, 2.24) is 20.3 Å². The van der Waals surface area contributed by atoms with Crippen LogP contribution in [0.4, 0.5) is 11.8 Å².